The molecule has 0 amide bonds. The van der Waals surface area contributed by atoms with Crippen LogP contribution in [0.15, 0.2) is 12.3 Å². The lowest BCUT2D eigenvalue weighted by molar-refractivity contribution is 0.230. The second-order valence-corrected chi connectivity index (χ2v) is 1.24. The third-order valence-corrected chi connectivity index (χ3v) is 0.451. The van der Waals surface area contributed by atoms with Gasteiger partial charge in [0.25, 0.3) is 5.76 Å². The van der Waals surface area contributed by atoms with E-state index in [-0.39, 0.29) is 0 Å². The second-order valence-electron chi connectivity index (χ2n) is 1.24. The van der Waals surface area contributed by atoms with Crippen LogP contribution in [0.5, 0.6) is 0 Å². The van der Waals surface area contributed by atoms with Gasteiger partial charge in [-0.05, 0) is 0 Å². The summed E-state index contributed by atoms with van der Waals surface area (Å²) in [6.07, 6.45) is 0.772. The Kier molecular flexibility index (Phi) is 3.29. The summed E-state index contributed by atoms with van der Waals surface area (Å²) in [7, 11) is 0. The van der Waals surface area contributed by atoms with Gasteiger partial charge >= 0.3 is 0 Å². The van der Waals surface area contributed by atoms with Crippen LogP contribution in [0, 0.1) is 13.8 Å². The predicted molar refractivity (Wildman–Crippen MR) is 30.4 cm³/mol. The summed E-state index contributed by atoms with van der Waals surface area (Å²) in [5, 5.41) is 0. The van der Waals surface area contributed by atoms with E-state index in [0.717, 1.165) is 6.42 Å². The van der Waals surface area contributed by atoms with E-state index in [4.69, 9.17) is 4.74 Å². The van der Waals surface area contributed by atoms with Gasteiger partial charge in [0.05, 0.1) is 20.1 Å². The van der Waals surface area contributed by atoms with E-state index in [1.165, 1.54) is 0 Å². The average Bonchev–Trinajstić information content (AvgIpc) is 1.61. The lowest BCUT2D eigenvalue weighted by Crippen LogP contribution is -1.87. The number of hydrogen-bond acceptors (Lipinski definition) is 1. The van der Waals surface area contributed by atoms with E-state index in [9.17, 15) is 0 Å². The van der Waals surface area contributed by atoms with Crippen LogP contribution in [0.2, 0.25) is 0 Å². The largest absolute Gasteiger partial charge is 0.465 e. The maximum absolute atomic E-state index is 4.82. The highest BCUT2D eigenvalue weighted by Gasteiger charge is 1.84. The van der Waals surface area contributed by atoms with Gasteiger partial charge < -0.3 is 11.7 Å². The summed E-state index contributed by atoms with van der Waals surface area (Å²) < 4.78 is 4.82. The van der Waals surface area contributed by atoms with Crippen molar-refractivity contribution in [3.05, 3.63) is 26.2 Å². The fourth-order valence-electron chi connectivity index (χ4n) is 0.217. The zero-order valence-electron chi connectivity index (χ0n) is 4.44. The fourth-order valence-corrected chi connectivity index (χ4v) is 0.217. The van der Waals surface area contributed by atoms with Gasteiger partial charge in [-0.2, -0.15) is 0 Å². The number of ether oxygens (including phenoxy) is 1. The summed E-state index contributed by atoms with van der Waals surface area (Å²) in [6, 6.07) is 0. The normalized spacial score (nSPS) is 8.14. The van der Waals surface area contributed by atoms with E-state index in [2.05, 4.69) is 20.4 Å². The van der Waals surface area contributed by atoms with Crippen molar-refractivity contribution >= 4 is 0 Å². The van der Waals surface area contributed by atoms with Gasteiger partial charge in [0.1, 0.15) is 0 Å². The maximum atomic E-state index is 4.82. The van der Waals surface area contributed by atoms with Crippen LogP contribution >= 0.6 is 0 Å². The highest BCUT2D eigenvalue weighted by Crippen LogP contribution is 1.88. The molecule has 0 aliphatic heterocycles. The number of rotatable bonds is 3. The van der Waals surface area contributed by atoms with E-state index in [0.29, 0.717) is 12.4 Å². The molecule has 0 saturated heterocycles. The zero-order valence-corrected chi connectivity index (χ0v) is 4.44. The Hall–Kier alpha value is -0.590. The Bertz CT molecular complexity index is 57.2. The van der Waals surface area contributed by atoms with Crippen molar-refractivity contribution in [3.63, 3.8) is 0 Å². The van der Waals surface area contributed by atoms with E-state index in [1.807, 2.05) is 0 Å². The highest BCUT2D eigenvalue weighted by atomic mass is 16.5. The molecule has 1 heteroatoms. The van der Waals surface area contributed by atoms with Crippen molar-refractivity contribution < 1.29 is 4.74 Å². The Morgan fingerprint density at radius 3 is 2.57 bits per heavy atom. The second kappa shape index (κ2) is 3.59. The smallest absolute Gasteiger partial charge is 0.269 e. The monoisotopic (exact) mass is 98.1 g/mol. The van der Waals surface area contributed by atoms with Crippen LogP contribution in [0.25, 0.3) is 0 Å². The van der Waals surface area contributed by atoms with Crippen LogP contribution in [-0.4, -0.2) is 6.61 Å². The molecule has 0 fully saturated rings. The average molecular weight is 98.1 g/mol. The molecular weight excluding hydrogens is 88.1 g/mol. The first-order chi connectivity index (χ1) is 3.27. The maximum Gasteiger partial charge on any atom is 0.269 e. The quantitative estimate of drug-likeness (QED) is 0.384. The minimum atomic E-state index is 0.517. The van der Waals surface area contributed by atoms with Crippen molar-refractivity contribution in [1.82, 2.24) is 0 Å². The van der Waals surface area contributed by atoms with Crippen molar-refractivity contribution in [1.29, 1.82) is 0 Å². The van der Waals surface area contributed by atoms with Crippen molar-refractivity contribution in [2.75, 3.05) is 6.61 Å². The zero-order chi connectivity index (χ0) is 5.70. The number of hydrogen-bond donors (Lipinski definition) is 0. The molecule has 0 spiro atoms. The minimum Gasteiger partial charge on any atom is -0.465 e. The van der Waals surface area contributed by atoms with Crippen molar-refractivity contribution in [3.8, 4) is 0 Å². The Balaban J connectivity index is 2.82. The van der Waals surface area contributed by atoms with Gasteiger partial charge in [-0.1, -0.05) is 0 Å². The SMILES string of the molecule is C=C([CH2+])OCC[CH2-]. The highest BCUT2D eigenvalue weighted by molar-refractivity contribution is 4.84. The Labute approximate surface area is 45.0 Å². The van der Waals surface area contributed by atoms with Gasteiger partial charge in [-0.15, -0.1) is 6.42 Å². The molecule has 0 aromatic carbocycles. The van der Waals surface area contributed by atoms with Crippen molar-refractivity contribution in [2.24, 2.45) is 0 Å². The third-order valence-electron chi connectivity index (χ3n) is 0.451. The molecule has 40 valence electrons. The summed E-state index contributed by atoms with van der Waals surface area (Å²) in [5.74, 6) is 0.517. The molecule has 0 bridgehead atoms. The van der Waals surface area contributed by atoms with E-state index in [1.54, 1.807) is 0 Å². The van der Waals surface area contributed by atoms with Gasteiger partial charge in [0.15, 0.2) is 0 Å². The summed E-state index contributed by atoms with van der Waals surface area (Å²) in [5.41, 5.74) is 0. The Morgan fingerprint density at radius 2 is 2.43 bits per heavy atom. The van der Waals surface area contributed by atoms with Gasteiger partial charge in [-0.25, -0.2) is 0 Å². The molecule has 0 radical (unpaired) electrons. The molecule has 0 heterocycles. The van der Waals surface area contributed by atoms with Crippen LogP contribution < -0.4 is 0 Å². The van der Waals surface area contributed by atoms with Gasteiger partial charge in [0.2, 0.25) is 0 Å². The molecule has 0 rings (SSSR count). The lowest BCUT2D eigenvalue weighted by Gasteiger charge is -1.96. The van der Waals surface area contributed by atoms with Gasteiger partial charge in [-0.3, -0.25) is 0 Å². The van der Waals surface area contributed by atoms with Gasteiger partial charge in [0, 0.05) is 0 Å². The molecular formula is C6H10O. The van der Waals surface area contributed by atoms with Crippen LogP contribution in [0.1, 0.15) is 6.42 Å². The molecule has 0 aliphatic carbocycles. The molecule has 0 aromatic heterocycles. The fraction of sp³-hybridized carbons (Fsp3) is 0.333. The molecule has 0 atom stereocenters. The predicted octanol–water partition coefficient (Wildman–Crippen LogP) is 1.57. The molecule has 0 aromatic rings. The first-order valence-electron chi connectivity index (χ1n) is 2.20. The van der Waals surface area contributed by atoms with Crippen LogP contribution in [0.3, 0.4) is 0 Å². The lowest BCUT2D eigenvalue weighted by atomic mass is 10.5. The topological polar surface area (TPSA) is 9.23 Å². The molecule has 0 saturated carbocycles. The third kappa shape index (κ3) is 5.41. The summed E-state index contributed by atoms with van der Waals surface area (Å²) >= 11 is 0. The molecule has 7 heavy (non-hydrogen) atoms. The molecule has 0 unspecified atom stereocenters. The minimum absolute atomic E-state index is 0.517. The first-order valence-corrected chi connectivity index (χ1v) is 2.20. The van der Waals surface area contributed by atoms with Crippen LogP contribution in [0.4, 0.5) is 0 Å². The number of allylic oxidation sites excluding steroid dienone is 1. The molecule has 0 aliphatic rings. The first kappa shape index (κ1) is 6.41. The molecule has 1 nitrogen and oxygen atoms in total. The van der Waals surface area contributed by atoms with E-state index >= 15 is 0 Å². The summed E-state index contributed by atoms with van der Waals surface area (Å²) in [4.78, 5) is 0. The standard InChI is InChI=1S/C6H10O/c1-4-5-7-6(2)3/h1-5H2. The Morgan fingerprint density at radius 1 is 1.86 bits per heavy atom. The molecule has 0 N–H and O–H groups in total. The summed E-state index contributed by atoms with van der Waals surface area (Å²) in [6.45, 7) is 11.1. The van der Waals surface area contributed by atoms with E-state index < -0.39 is 0 Å². The van der Waals surface area contributed by atoms with Crippen molar-refractivity contribution in [2.45, 2.75) is 6.42 Å². The van der Waals surface area contributed by atoms with Crippen LogP contribution in [-0.2, 0) is 4.74 Å².